The number of thiol groups is 1. The predicted molar refractivity (Wildman–Crippen MR) is 233 cm³/mol. The number of carboxylic acids is 1. The molecule has 0 saturated carbocycles. The summed E-state index contributed by atoms with van der Waals surface area (Å²) in [7, 11) is 3.50. The Hall–Kier alpha value is -5.02. The molecule has 296 valence electrons. The van der Waals surface area contributed by atoms with Crippen LogP contribution in [0.3, 0.4) is 0 Å². The fraction of sp³-hybridized carbons (Fsp3) is 0.318. The van der Waals surface area contributed by atoms with E-state index in [1.54, 1.807) is 18.2 Å². The number of aryl methyl sites for hydroxylation is 1. The fourth-order valence-corrected chi connectivity index (χ4v) is 8.44. The highest BCUT2D eigenvalue weighted by atomic mass is 127. The molecule has 3 amide bonds. The second kappa shape index (κ2) is 16.8. The quantitative estimate of drug-likeness (QED) is 0.0593. The van der Waals surface area contributed by atoms with Crippen LogP contribution in [0, 0.1) is 0 Å². The van der Waals surface area contributed by atoms with Gasteiger partial charge in [0.15, 0.2) is 5.75 Å². The summed E-state index contributed by atoms with van der Waals surface area (Å²) < 4.78 is 15.0. The number of carboxylic acid groups (broad SMARTS) is 1. The van der Waals surface area contributed by atoms with Crippen LogP contribution < -0.4 is 30.4 Å². The Bertz CT molecular complexity index is 2590. The highest BCUT2D eigenvalue weighted by Gasteiger charge is 2.35. The normalized spacial score (nSPS) is 16.0. The van der Waals surface area contributed by atoms with Crippen molar-refractivity contribution in [2.45, 2.75) is 72.8 Å². The lowest BCUT2D eigenvalue weighted by Crippen LogP contribution is -2.44. The number of hydrogen-bond acceptors (Lipinski definition) is 9. The van der Waals surface area contributed by atoms with Crippen LogP contribution in [0.5, 0.6) is 11.5 Å². The van der Waals surface area contributed by atoms with Gasteiger partial charge in [-0.15, -0.1) is 9.80 Å². The number of fused-ring (bicyclic) bond motifs is 6. The zero-order valence-corrected chi connectivity index (χ0v) is 35.8. The molecule has 4 aromatic rings. The number of hydrogen-bond donors (Lipinski definition) is 2. The van der Waals surface area contributed by atoms with E-state index in [-0.39, 0.29) is 23.1 Å². The molecule has 11 nitrogen and oxygen atoms in total. The van der Waals surface area contributed by atoms with E-state index in [4.69, 9.17) is 9.15 Å². The summed E-state index contributed by atoms with van der Waals surface area (Å²) >= 11 is 1.84. The Morgan fingerprint density at radius 3 is 2.39 bits per heavy atom. The second-order valence-corrected chi connectivity index (χ2v) is 14.4. The molecule has 13 heteroatoms. The Labute approximate surface area is 348 Å². The Balaban J connectivity index is 0.00000133. The van der Waals surface area contributed by atoms with Crippen LogP contribution in [0.15, 0.2) is 76.0 Å². The van der Waals surface area contributed by atoms with E-state index < -0.39 is 29.3 Å². The SMILES string of the molecule is CC.CCN1c2cc3oc(=O)c4c(c3cc2C(C)=CC1(C)C)Oc1cc2c(cc1=C4c1ccccc1C(=O)O)CCC[N+]=2CCCC(=O)N1C(=O)C=CC1=O.SI. The second-order valence-electron chi connectivity index (χ2n) is 14.4. The van der Waals surface area contributed by atoms with Gasteiger partial charge in [-0.25, -0.2) is 19.1 Å². The van der Waals surface area contributed by atoms with Crippen molar-refractivity contribution in [2.24, 2.45) is 0 Å². The first kappa shape index (κ1) is 41.6. The maximum atomic E-state index is 14.2. The standard InChI is InChI=1S/C42H37N3O8.C2H6.HIS/c1-5-44-31-21-33-29(19-27(31)23(2)22-42(44,3)4)39-38(41(51)53-33)37(25-11-6-7-12-26(25)40(49)50)28-18-24-10-8-16-43(30(24)20-32(28)52-39)17-9-13-34(46)45-35(47)14-15-36(45)48;2*1-2/h6-7,11-12,14-15,18-22H,5,8-10,13,16-17H2,1-4H3;1-2H3;2H/p+1. The van der Waals surface area contributed by atoms with Crippen LogP contribution in [-0.2, 0) is 20.8 Å². The van der Waals surface area contributed by atoms with Gasteiger partial charge in [0.05, 0.1) is 22.6 Å². The molecule has 4 aliphatic rings. The first-order valence-corrected chi connectivity index (χ1v) is 22.3. The lowest BCUT2D eigenvalue weighted by molar-refractivity contribution is -0.148. The van der Waals surface area contributed by atoms with Gasteiger partial charge in [-0.05, 0) is 84.7 Å². The van der Waals surface area contributed by atoms with Crippen LogP contribution in [-0.4, -0.2) is 58.9 Å². The smallest absolute Gasteiger partial charge is 0.348 e. The minimum atomic E-state index is -1.13. The van der Waals surface area contributed by atoms with Gasteiger partial charge >= 0.3 is 11.6 Å². The number of halogens is 1. The van der Waals surface area contributed by atoms with Crippen molar-refractivity contribution in [1.29, 1.82) is 0 Å². The molecule has 4 aliphatic heterocycles. The van der Waals surface area contributed by atoms with Gasteiger partial charge in [0.25, 0.3) is 11.8 Å². The van der Waals surface area contributed by atoms with Crippen molar-refractivity contribution in [3.63, 3.8) is 0 Å². The number of amides is 3. The summed E-state index contributed by atoms with van der Waals surface area (Å²) in [6, 6.07) is 14.4. The number of aromatic carboxylic acids is 1. The molecular formula is C44H45IN3O8S+. The first-order chi connectivity index (χ1) is 27.4. The molecule has 8 rings (SSSR count). The van der Waals surface area contributed by atoms with E-state index in [1.165, 1.54) is 6.07 Å². The topological polar surface area (TPSA) is 137 Å². The van der Waals surface area contributed by atoms with Crippen molar-refractivity contribution in [1.82, 2.24) is 9.48 Å². The molecule has 0 bridgehead atoms. The average Bonchev–Trinajstić information content (AvgIpc) is 3.54. The highest BCUT2D eigenvalue weighted by Crippen LogP contribution is 2.45. The Morgan fingerprint density at radius 2 is 1.70 bits per heavy atom. The highest BCUT2D eigenvalue weighted by molar-refractivity contribution is 14.2. The molecule has 0 spiro atoms. The third kappa shape index (κ3) is 7.47. The van der Waals surface area contributed by atoms with E-state index in [9.17, 15) is 29.1 Å². The van der Waals surface area contributed by atoms with Gasteiger partial charge in [-0.3, -0.25) is 14.4 Å². The predicted octanol–water partition coefficient (Wildman–Crippen LogP) is 6.83. The first-order valence-electron chi connectivity index (χ1n) is 19.1. The van der Waals surface area contributed by atoms with Gasteiger partial charge in [-0.1, -0.05) is 38.1 Å². The molecule has 1 aromatic heterocycles. The number of carbonyl (C=O) groups excluding carboxylic acids is 3. The van der Waals surface area contributed by atoms with Crippen LogP contribution in [0.4, 0.5) is 5.69 Å². The van der Waals surface area contributed by atoms with Gasteiger partial charge in [-0.2, -0.15) is 0 Å². The summed E-state index contributed by atoms with van der Waals surface area (Å²) in [5.41, 5.74) is 4.46. The van der Waals surface area contributed by atoms with Crippen LogP contribution in [0.2, 0.25) is 0 Å². The van der Waals surface area contributed by atoms with E-state index >= 15 is 0 Å². The van der Waals surface area contributed by atoms with Gasteiger partial charge in [0.1, 0.15) is 30.0 Å². The minimum absolute atomic E-state index is 0.0241. The fourth-order valence-electron chi connectivity index (χ4n) is 8.44. The number of rotatable bonds is 7. The molecule has 3 aromatic carbocycles. The Kier molecular flexibility index (Phi) is 12.3. The van der Waals surface area contributed by atoms with Crippen molar-refractivity contribution < 1.29 is 33.4 Å². The summed E-state index contributed by atoms with van der Waals surface area (Å²) in [4.78, 5) is 66.5. The van der Waals surface area contributed by atoms with Gasteiger partial charge in [0.2, 0.25) is 11.3 Å². The average molecular weight is 903 g/mol. The van der Waals surface area contributed by atoms with Crippen LogP contribution >= 0.6 is 31.0 Å². The van der Waals surface area contributed by atoms with Crippen molar-refractivity contribution >= 4 is 82.5 Å². The molecule has 0 aliphatic carbocycles. The molecule has 0 saturated heterocycles. The Morgan fingerprint density at radius 1 is 1.00 bits per heavy atom. The number of ether oxygens (including phenoxy) is 1. The van der Waals surface area contributed by atoms with Crippen molar-refractivity contribution in [3.8, 4) is 11.5 Å². The maximum absolute atomic E-state index is 14.2. The van der Waals surface area contributed by atoms with Crippen LogP contribution in [0.25, 0.3) is 22.1 Å². The molecule has 0 radical (unpaired) electrons. The largest absolute Gasteiger partial charge is 0.478 e. The summed E-state index contributed by atoms with van der Waals surface area (Å²) in [6.07, 6.45) is 6.41. The zero-order chi connectivity index (χ0) is 41.3. The summed E-state index contributed by atoms with van der Waals surface area (Å²) in [5.74, 6) is -2.15. The van der Waals surface area contributed by atoms with E-state index in [0.717, 1.165) is 59.3 Å². The number of anilines is 1. The molecule has 57 heavy (non-hydrogen) atoms. The van der Waals surface area contributed by atoms with E-state index in [1.807, 2.05) is 59.3 Å². The number of nitrogens with zero attached hydrogens (tertiary/aromatic N) is 3. The molecule has 5 heterocycles. The molecule has 0 atom stereocenters. The number of likely N-dealkylation sites (N-methyl/N-ethyl adjacent to an activating group) is 1. The number of carbonyl (C=O) groups is 4. The zero-order valence-electron chi connectivity index (χ0n) is 32.8. The van der Waals surface area contributed by atoms with Crippen LogP contribution in [0.1, 0.15) is 93.4 Å². The molecule has 1 N–H and O–H groups in total. The molecular weight excluding hydrogens is 857 g/mol. The van der Waals surface area contributed by atoms with Gasteiger partial charge < -0.3 is 19.2 Å². The third-order valence-corrected chi connectivity index (χ3v) is 10.7. The number of allylic oxidation sites excluding steroid dienone is 1. The third-order valence-electron chi connectivity index (χ3n) is 10.7. The lowest BCUT2D eigenvalue weighted by atomic mass is 9.86. The number of benzene rings is 3. The number of imide groups is 3. The summed E-state index contributed by atoms with van der Waals surface area (Å²) in [6.45, 7) is 14.4. The van der Waals surface area contributed by atoms with Gasteiger partial charge in [0, 0.05) is 71.6 Å². The van der Waals surface area contributed by atoms with E-state index in [0.29, 0.717) is 63.2 Å². The minimum Gasteiger partial charge on any atom is -0.478 e. The van der Waals surface area contributed by atoms with E-state index in [2.05, 4.69) is 53.0 Å². The maximum Gasteiger partial charge on any atom is 0.348 e. The molecule has 0 unspecified atom stereocenters. The van der Waals surface area contributed by atoms with Crippen molar-refractivity contribution in [2.75, 3.05) is 24.5 Å². The summed E-state index contributed by atoms with van der Waals surface area (Å²) in [5, 5.41) is 12.4. The van der Waals surface area contributed by atoms with Crippen molar-refractivity contribution in [3.05, 3.63) is 116 Å². The molecule has 0 fully saturated rings. The monoisotopic (exact) mass is 902 g/mol. The lowest BCUT2D eigenvalue weighted by Gasteiger charge is -2.42.